The Morgan fingerprint density at radius 2 is 2.45 bits per heavy atom. The SMILES string of the molecule is C=C1CC[C@]2(O)C[C@H]1OC2=O. The van der Waals surface area contributed by atoms with Crippen LogP contribution >= 0.6 is 0 Å². The zero-order valence-electron chi connectivity index (χ0n) is 6.17. The average Bonchev–Trinajstić information content (AvgIpc) is 2.20. The summed E-state index contributed by atoms with van der Waals surface area (Å²) in [5.41, 5.74) is -0.258. The molecule has 0 amide bonds. The Labute approximate surface area is 64.7 Å². The third-order valence-electron chi connectivity index (χ3n) is 2.47. The van der Waals surface area contributed by atoms with E-state index in [0.29, 0.717) is 19.3 Å². The minimum absolute atomic E-state index is 0.221. The Morgan fingerprint density at radius 3 is 3.09 bits per heavy atom. The Balaban J connectivity index is 2.31. The summed E-state index contributed by atoms with van der Waals surface area (Å²) in [5.74, 6) is -0.471. The van der Waals surface area contributed by atoms with Crippen molar-refractivity contribution >= 4 is 5.97 Å². The molecule has 1 aliphatic heterocycles. The van der Waals surface area contributed by atoms with E-state index in [1.54, 1.807) is 0 Å². The number of hydrogen-bond acceptors (Lipinski definition) is 3. The standard InChI is InChI=1S/C8H10O3/c1-5-2-3-8(10)4-6(5)11-7(8)9/h6,10H,1-4H2/t6-,8+/m1/s1. The Hall–Kier alpha value is -0.830. The maximum absolute atomic E-state index is 11.0. The highest BCUT2D eigenvalue weighted by atomic mass is 16.6. The lowest BCUT2D eigenvalue weighted by molar-refractivity contribution is -0.153. The summed E-state index contributed by atoms with van der Waals surface area (Å²) in [4.78, 5) is 11.0. The van der Waals surface area contributed by atoms with E-state index >= 15 is 0 Å². The number of rotatable bonds is 0. The molecule has 1 saturated heterocycles. The van der Waals surface area contributed by atoms with Gasteiger partial charge >= 0.3 is 5.97 Å². The highest BCUT2D eigenvalue weighted by molar-refractivity contribution is 5.82. The van der Waals surface area contributed by atoms with Crippen LogP contribution in [0.15, 0.2) is 12.2 Å². The van der Waals surface area contributed by atoms with E-state index in [9.17, 15) is 9.90 Å². The van der Waals surface area contributed by atoms with Crippen molar-refractivity contribution in [2.45, 2.75) is 31.0 Å². The smallest absolute Gasteiger partial charge is 0.338 e. The van der Waals surface area contributed by atoms with E-state index in [1.165, 1.54) is 0 Å². The lowest BCUT2D eigenvalue weighted by Crippen LogP contribution is -2.35. The molecule has 1 saturated carbocycles. The van der Waals surface area contributed by atoms with E-state index in [-0.39, 0.29) is 6.10 Å². The summed E-state index contributed by atoms with van der Waals surface area (Å²) < 4.78 is 4.91. The summed E-state index contributed by atoms with van der Waals surface area (Å²) >= 11 is 0. The van der Waals surface area contributed by atoms with Crippen LogP contribution in [0.4, 0.5) is 0 Å². The molecule has 3 heteroatoms. The molecular formula is C8H10O3. The largest absolute Gasteiger partial charge is 0.456 e. The molecule has 11 heavy (non-hydrogen) atoms. The average molecular weight is 154 g/mol. The van der Waals surface area contributed by atoms with Crippen LogP contribution in [0.1, 0.15) is 19.3 Å². The second-order valence-electron chi connectivity index (χ2n) is 3.29. The lowest BCUT2D eigenvalue weighted by Gasteiger charge is -2.22. The lowest BCUT2D eigenvalue weighted by atomic mass is 9.84. The van der Waals surface area contributed by atoms with Crippen LogP contribution in [-0.4, -0.2) is 22.8 Å². The van der Waals surface area contributed by atoms with Crippen molar-refractivity contribution in [2.24, 2.45) is 0 Å². The highest BCUT2D eigenvalue weighted by Crippen LogP contribution is 2.39. The van der Waals surface area contributed by atoms with Gasteiger partial charge in [-0.1, -0.05) is 6.58 Å². The van der Waals surface area contributed by atoms with Crippen molar-refractivity contribution in [1.82, 2.24) is 0 Å². The third kappa shape index (κ3) is 0.807. The molecule has 2 bridgehead atoms. The van der Waals surface area contributed by atoms with Gasteiger partial charge in [-0.25, -0.2) is 4.79 Å². The first-order chi connectivity index (χ1) is 5.12. The first-order valence-corrected chi connectivity index (χ1v) is 3.73. The molecule has 0 radical (unpaired) electrons. The molecule has 0 spiro atoms. The number of fused-ring (bicyclic) bond motifs is 2. The monoisotopic (exact) mass is 154 g/mol. The molecule has 1 N–H and O–H groups in total. The molecule has 60 valence electrons. The van der Waals surface area contributed by atoms with Crippen LogP contribution in [-0.2, 0) is 9.53 Å². The van der Waals surface area contributed by atoms with Crippen LogP contribution in [0.3, 0.4) is 0 Å². The van der Waals surface area contributed by atoms with Gasteiger partial charge in [-0.15, -0.1) is 0 Å². The molecule has 3 nitrogen and oxygen atoms in total. The van der Waals surface area contributed by atoms with Gasteiger partial charge < -0.3 is 9.84 Å². The Bertz CT molecular complexity index is 233. The van der Waals surface area contributed by atoms with Gasteiger partial charge in [0.05, 0.1) is 0 Å². The fraction of sp³-hybridized carbons (Fsp3) is 0.625. The van der Waals surface area contributed by atoms with E-state index < -0.39 is 11.6 Å². The van der Waals surface area contributed by atoms with Crippen LogP contribution in [0.2, 0.25) is 0 Å². The summed E-state index contributed by atoms with van der Waals surface area (Å²) in [6.07, 6.45) is 1.36. The van der Waals surface area contributed by atoms with E-state index in [2.05, 4.69) is 6.58 Å². The summed E-state index contributed by atoms with van der Waals surface area (Å²) in [7, 11) is 0. The molecule has 2 aliphatic rings. The second kappa shape index (κ2) is 1.85. The van der Waals surface area contributed by atoms with Gasteiger partial charge in [0, 0.05) is 6.42 Å². The minimum atomic E-state index is -1.19. The maximum atomic E-state index is 11.0. The Morgan fingerprint density at radius 1 is 1.73 bits per heavy atom. The van der Waals surface area contributed by atoms with Gasteiger partial charge in [-0.2, -0.15) is 0 Å². The molecule has 2 fully saturated rings. The molecule has 2 atom stereocenters. The number of carbonyl (C=O) groups excluding carboxylic acids is 1. The van der Waals surface area contributed by atoms with Crippen LogP contribution in [0.25, 0.3) is 0 Å². The predicted molar refractivity (Wildman–Crippen MR) is 37.8 cm³/mol. The summed E-state index contributed by atoms with van der Waals surface area (Å²) in [5, 5.41) is 9.59. The molecule has 0 unspecified atom stereocenters. The molecular weight excluding hydrogens is 144 g/mol. The summed E-state index contributed by atoms with van der Waals surface area (Å²) in [6, 6.07) is 0. The predicted octanol–water partition coefficient (Wildman–Crippen LogP) is 0.383. The van der Waals surface area contributed by atoms with Crippen LogP contribution < -0.4 is 0 Å². The van der Waals surface area contributed by atoms with Gasteiger partial charge in [-0.05, 0) is 18.4 Å². The third-order valence-corrected chi connectivity index (χ3v) is 2.47. The van der Waals surface area contributed by atoms with Crippen molar-refractivity contribution in [2.75, 3.05) is 0 Å². The Kier molecular flexibility index (Phi) is 1.16. The first-order valence-electron chi connectivity index (χ1n) is 3.73. The fourth-order valence-corrected chi connectivity index (χ4v) is 1.63. The first kappa shape index (κ1) is 6.85. The topological polar surface area (TPSA) is 46.5 Å². The maximum Gasteiger partial charge on any atom is 0.338 e. The molecule has 1 heterocycles. The van der Waals surface area contributed by atoms with Gasteiger partial charge in [0.15, 0.2) is 5.60 Å². The summed E-state index contributed by atoms with van der Waals surface area (Å²) in [6.45, 7) is 3.77. The number of carbonyl (C=O) groups is 1. The van der Waals surface area contributed by atoms with Gasteiger partial charge in [0.25, 0.3) is 0 Å². The number of hydrogen-bond donors (Lipinski definition) is 1. The van der Waals surface area contributed by atoms with E-state index in [4.69, 9.17) is 4.74 Å². The van der Waals surface area contributed by atoms with Crippen molar-refractivity contribution in [3.8, 4) is 0 Å². The van der Waals surface area contributed by atoms with Crippen molar-refractivity contribution in [3.05, 3.63) is 12.2 Å². The zero-order valence-corrected chi connectivity index (χ0v) is 6.17. The second-order valence-corrected chi connectivity index (χ2v) is 3.29. The van der Waals surface area contributed by atoms with Gasteiger partial charge in [-0.3, -0.25) is 0 Å². The van der Waals surface area contributed by atoms with Crippen LogP contribution in [0.5, 0.6) is 0 Å². The van der Waals surface area contributed by atoms with Crippen molar-refractivity contribution in [1.29, 1.82) is 0 Å². The molecule has 0 aromatic carbocycles. The highest BCUT2D eigenvalue weighted by Gasteiger charge is 2.51. The van der Waals surface area contributed by atoms with Crippen molar-refractivity contribution in [3.63, 3.8) is 0 Å². The molecule has 0 aromatic heterocycles. The van der Waals surface area contributed by atoms with E-state index in [0.717, 1.165) is 5.57 Å². The number of aliphatic hydroxyl groups is 1. The fourth-order valence-electron chi connectivity index (χ4n) is 1.63. The number of esters is 1. The van der Waals surface area contributed by atoms with Crippen molar-refractivity contribution < 1.29 is 14.6 Å². The number of ether oxygens (including phenoxy) is 1. The molecule has 2 rings (SSSR count). The quantitative estimate of drug-likeness (QED) is 0.405. The molecule has 0 aromatic rings. The zero-order chi connectivity index (χ0) is 8.06. The normalized spacial score (nSPS) is 42.5. The molecule has 1 aliphatic carbocycles. The van der Waals surface area contributed by atoms with Gasteiger partial charge in [0.1, 0.15) is 6.10 Å². The van der Waals surface area contributed by atoms with Crippen LogP contribution in [0, 0.1) is 0 Å². The van der Waals surface area contributed by atoms with Gasteiger partial charge in [0.2, 0.25) is 0 Å². The van der Waals surface area contributed by atoms with E-state index in [1.807, 2.05) is 0 Å². The minimum Gasteiger partial charge on any atom is -0.456 e.